The summed E-state index contributed by atoms with van der Waals surface area (Å²) in [5, 5.41) is 3.02. The van der Waals surface area contributed by atoms with Gasteiger partial charge in [-0.2, -0.15) is 0 Å². The Morgan fingerprint density at radius 1 is 1.03 bits per heavy atom. The molecule has 7 nitrogen and oxygen atoms in total. The van der Waals surface area contributed by atoms with Gasteiger partial charge in [0.25, 0.3) is 11.8 Å². The average molecular weight is 470 g/mol. The summed E-state index contributed by atoms with van der Waals surface area (Å²) in [5.74, 6) is -0.104. The van der Waals surface area contributed by atoms with Crippen LogP contribution in [0.25, 0.3) is 5.69 Å². The summed E-state index contributed by atoms with van der Waals surface area (Å²) >= 11 is 0. The molecule has 35 heavy (non-hydrogen) atoms. The second kappa shape index (κ2) is 10.9. The molecule has 0 saturated carbocycles. The minimum atomic E-state index is -0.120. The summed E-state index contributed by atoms with van der Waals surface area (Å²) in [6.07, 6.45) is 7.74. The number of hydrogen-bond donors (Lipinski definition) is 1. The zero-order valence-corrected chi connectivity index (χ0v) is 20.3. The van der Waals surface area contributed by atoms with Gasteiger partial charge in [0, 0.05) is 62.4 Å². The fourth-order valence-electron chi connectivity index (χ4n) is 4.44. The molecule has 0 saturated heterocycles. The van der Waals surface area contributed by atoms with Crippen LogP contribution in [0.1, 0.15) is 45.7 Å². The first kappa shape index (κ1) is 24.0. The third-order valence-corrected chi connectivity index (χ3v) is 6.52. The van der Waals surface area contributed by atoms with Crippen LogP contribution in [-0.4, -0.2) is 50.5 Å². The lowest BCUT2D eigenvalue weighted by atomic mass is 9.90. The minimum Gasteiger partial charge on any atom is -0.351 e. The molecule has 7 heteroatoms. The minimum absolute atomic E-state index is 0.0616. The van der Waals surface area contributed by atoms with E-state index in [0.29, 0.717) is 24.2 Å². The SMILES string of the molecule is CC(c1ccccc1)C(CCNC(=O)c1cccn1C)N(C)C(=O)c1cccc(-n2ccnc2)c1. The second-order valence-corrected chi connectivity index (χ2v) is 8.75. The Bertz CT molecular complexity index is 1260. The van der Waals surface area contributed by atoms with Crippen LogP contribution in [0.2, 0.25) is 0 Å². The van der Waals surface area contributed by atoms with Gasteiger partial charge >= 0.3 is 0 Å². The van der Waals surface area contributed by atoms with Crippen molar-refractivity contribution in [2.24, 2.45) is 7.05 Å². The van der Waals surface area contributed by atoms with Crippen LogP contribution in [0.15, 0.2) is 91.6 Å². The van der Waals surface area contributed by atoms with E-state index < -0.39 is 0 Å². The second-order valence-electron chi connectivity index (χ2n) is 8.75. The molecule has 1 N–H and O–H groups in total. The fourth-order valence-corrected chi connectivity index (χ4v) is 4.44. The molecule has 4 rings (SSSR count). The van der Waals surface area contributed by atoms with Crippen LogP contribution < -0.4 is 5.32 Å². The number of rotatable bonds is 9. The number of aromatic nitrogens is 3. The molecular formula is C28H31N5O2. The number of carbonyl (C=O) groups is 2. The Morgan fingerprint density at radius 2 is 1.83 bits per heavy atom. The average Bonchev–Trinajstić information content (AvgIpc) is 3.58. The highest BCUT2D eigenvalue weighted by atomic mass is 16.2. The van der Waals surface area contributed by atoms with Gasteiger partial charge in [-0.3, -0.25) is 9.59 Å². The molecular weight excluding hydrogens is 438 g/mol. The van der Waals surface area contributed by atoms with E-state index in [2.05, 4.69) is 29.4 Å². The number of hydrogen-bond acceptors (Lipinski definition) is 3. The number of aryl methyl sites for hydroxylation is 1. The first-order valence-electron chi connectivity index (χ1n) is 11.8. The van der Waals surface area contributed by atoms with E-state index in [9.17, 15) is 9.59 Å². The van der Waals surface area contributed by atoms with Gasteiger partial charge in [0.15, 0.2) is 0 Å². The third kappa shape index (κ3) is 5.51. The van der Waals surface area contributed by atoms with Gasteiger partial charge in [-0.1, -0.05) is 43.3 Å². The largest absolute Gasteiger partial charge is 0.351 e. The smallest absolute Gasteiger partial charge is 0.267 e. The highest BCUT2D eigenvalue weighted by Gasteiger charge is 2.27. The number of benzene rings is 2. The summed E-state index contributed by atoms with van der Waals surface area (Å²) in [6.45, 7) is 2.59. The standard InChI is InChI=1S/C28H31N5O2/c1-21(22-9-5-4-6-10-22)25(14-15-30-27(34)26-13-8-17-31(26)2)32(3)28(35)23-11-7-12-24(19-23)33-18-16-29-20-33/h4-13,16-21,25H,14-15H2,1-3H3,(H,30,34). The van der Waals surface area contributed by atoms with Gasteiger partial charge in [0.05, 0.1) is 6.33 Å². The number of carbonyl (C=O) groups excluding carboxylic acids is 2. The molecule has 2 aromatic heterocycles. The van der Waals surface area contributed by atoms with Crippen LogP contribution in [0, 0.1) is 0 Å². The lowest BCUT2D eigenvalue weighted by Gasteiger charge is -2.33. The van der Waals surface area contributed by atoms with Crippen molar-refractivity contribution < 1.29 is 9.59 Å². The monoisotopic (exact) mass is 469 g/mol. The molecule has 2 heterocycles. The Labute approximate surface area is 206 Å². The van der Waals surface area contributed by atoms with Crippen molar-refractivity contribution in [2.45, 2.75) is 25.3 Å². The fraction of sp³-hybridized carbons (Fsp3) is 0.250. The zero-order chi connectivity index (χ0) is 24.8. The molecule has 2 atom stereocenters. The van der Waals surface area contributed by atoms with Crippen molar-refractivity contribution in [3.05, 3.63) is 108 Å². The maximum Gasteiger partial charge on any atom is 0.267 e. The highest BCUT2D eigenvalue weighted by Crippen LogP contribution is 2.26. The normalized spacial score (nSPS) is 12.7. The van der Waals surface area contributed by atoms with Gasteiger partial charge in [-0.05, 0) is 42.3 Å². The van der Waals surface area contributed by atoms with Gasteiger partial charge in [0.1, 0.15) is 5.69 Å². The molecule has 0 fully saturated rings. The lowest BCUT2D eigenvalue weighted by Crippen LogP contribution is -2.42. The van der Waals surface area contributed by atoms with Gasteiger partial charge in [-0.25, -0.2) is 4.98 Å². The molecule has 0 spiro atoms. The zero-order valence-electron chi connectivity index (χ0n) is 20.3. The van der Waals surface area contributed by atoms with Crippen molar-refractivity contribution in [1.82, 2.24) is 24.3 Å². The third-order valence-electron chi connectivity index (χ3n) is 6.52. The van der Waals surface area contributed by atoms with Crippen molar-refractivity contribution in [1.29, 1.82) is 0 Å². The van der Waals surface area contributed by atoms with Crippen molar-refractivity contribution >= 4 is 11.8 Å². The van der Waals surface area contributed by atoms with Crippen LogP contribution in [-0.2, 0) is 7.05 Å². The Balaban J connectivity index is 1.53. The number of imidazole rings is 1. The quantitative estimate of drug-likeness (QED) is 0.398. The number of nitrogens with zero attached hydrogens (tertiary/aromatic N) is 4. The Hall–Kier alpha value is -4.13. The number of amides is 2. The summed E-state index contributed by atoms with van der Waals surface area (Å²) < 4.78 is 3.67. The van der Waals surface area contributed by atoms with Gasteiger partial charge in [0.2, 0.25) is 0 Å². The molecule has 180 valence electrons. The maximum atomic E-state index is 13.6. The molecule has 0 bridgehead atoms. The van der Waals surface area contributed by atoms with Crippen LogP contribution in [0.3, 0.4) is 0 Å². The molecule has 0 radical (unpaired) electrons. The van der Waals surface area contributed by atoms with Gasteiger partial charge < -0.3 is 19.4 Å². The molecule has 2 amide bonds. The first-order chi connectivity index (χ1) is 17.0. The van der Waals surface area contributed by atoms with Crippen molar-refractivity contribution in [3.63, 3.8) is 0 Å². The van der Waals surface area contributed by atoms with E-state index in [1.165, 1.54) is 0 Å². The van der Waals surface area contributed by atoms with Crippen molar-refractivity contribution in [3.8, 4) is 5.69 Å². The predicted molar refractivity (Wildman–Crippen MR) is 137 cm³/mol. The van der Waals surface area contributed by atoms with E-state index in [-0.39, 0.29) is 23.8 Å². The summed E-state index contributed by atoms with van der Waals surface area (Å²) in [7, 11) is 3.69. The summed E-state index contributed by atoms with van der Waals surface area (Å²) in [5.41, 5.74) is 3.25. The van der Waals surface area contributed by atoms with Gasteiger partial charge in [-0.15, -0.1) is 0 Å². The molecule has 2 unspecified atom stereocenters. The Kier molecular flexibility index (Phi) is 7.45. The highest BCUT2D eigenvalue weighted by molar-refractivity contribution is 5.95. The lowest BCUT2D eigenvalue weighted by molar-refractivity contribution is 0.0702. The van der Waals surface area contributed by atoms with E-state index >= 15 is 0 Å². The molecule has 0 aliphatic heterocycles. The van der Waals surface area contributed by atoms with E-state index in [1.807, 2.05) is 79.6 Å². The van der Waals surface area contributed by atoms with E-state index in [4.69, 9.17) is 0 Å². The predicted octanol–water partition coefficient (Wildman–Crippen LogP) is 4.28. The maximum absolute atomic E-state index is 13.6. The summed E-state index contributed by atoms with van der Waals surface area (Å²) in [6, 6.07) is 21.2. The van der Waals surface area contributed by atoms with Crippen molar-refractivity contribution in [2.75, 3.05) is 13.6 Å². The number of nitrogens with one attached hydrogen (secondary N) is 1. The van der Waals surface area contributed by atoms with Crippen LogP contribution in [0.5, 0.6) is 0 Å². The molecule has 4 aromatic rings. The number of likely N-dealkylation sites (N-methyl/N-ethyl adjacent to an activating group) is 1. The van der Waals surface area contributed by atoms with Crippen LogP contribution >= 0.6 is 0 Å². The first-order valence-corrected chi connectivity index (χ1v) is 11.8. The molecule has 2 aromatic carbocycles. The van der Waals surface area contributed by atoms with Crippen LogP contribution in [0.4, 0.5) is 0 Å². The van der Waals surface area contributed by atoms with E-state index in [1.54, 1.807) is 28.1 Å². The Morgan fingerprint density at radius 3 is 2.51 bits per heavy atom. The topological polar surface area (TPSA) is 72.2 Å². The van der Waals surface area contributed by atoms with E-state index in [0.717, 1.165) is 11.3 Å². The summed E-state index contributed by atoms with van der Waals surface area (Å²) in [4.78, 5) is 32.1. The molecule has 0 aliphatic carbocycles. The molecule has 0 aliphatic rings.